The van der Waals surface area contributed by atoms with E-state index in [0.717, 1.165) is 6.29 Å². The number of hydrogen-bond donors (Lipinski definition) is 1. The van der Waals surface area contributed by atoms with Crippen LogP contribution < -0.4 is 4.74 Å². The first kappa shape index (κ1) is 11.5. The predicted octanol–water partition coefficient (Wildman–Crippen LogP) is 1.98. The Labute approximate surface area is 87.5 Å². The van der Waals surface area contributed by atoms with Gasteiger partial charge in [0, 0.05) is 6.42 Å². The fourth-order valence-corrected chi connectivity index (χ4v) is 1.48. The van der Waals surface area contributed by atoms with Crippen LogP contribution in [0, 0.1) is 12.7 Å². The van der Waals surface area contributed by atoms with Crippen LogP contribution in [0.25, 0.3) is 0 Å². The summed E-state index contributed by atoms with van der Waals surface area (Å²) in [6, 6.07) is 1.58. The smallest absolute Gasteiger partial charge is 0.194 e. The number of phenolic OH excluding ortho intramolecular Hbond substituents is 1. The van der Waals surface area contributed by atoms with E-state index < -0.39 is 11.6 Å². The highest BCUT2D eigenvalue weighted by atomic mass is 19.1. The van der Waals surface area contributed by atoms with Gasteiger partial charge in [-0.25, -0.2) is 4.39 Å². The Kier molecular flexibility index (Phi) is 3.66. The lowest BCUT2D eigenvalue weighted by Gasteiger charge is -2.11. The van der Waals surface area contributed by atoms with Crippen LogP contribution in [0.1, 0.15) is 17.5 Å². The highest BCUT2D eigenvalue weighted by Gasteiger charge is 2.15. The molecule has 4 heteroatoms. The fourth-order valence-electron chi connectivity index (χ4n) is 1.48. The molecule has 1 rings (SSSR count). The second kappa shape index (κ2) is 4.77. The highest BCUT2D eigenvalue weighted by molar-refractivity contribution is 5.53. The molecule has 0 aliphatic heterocycles. The summed E-state index contributed by atoms with van der Waals surface area (Å²) >= 11 is 0. The van der Waals surface area contributed by atoms with Crippen molar-refractivity contribution in [3.63, 3.8) is 0 Å². The molecule has 3 nitrogen and oxygen atoms in total. The zero-order valence-electron chi connectivity index (χ0n) is 8.71. The van der Waals surface area contributed by atoms with E-state index in [2.05, 4.69) is 0 Å². The number of rotatable bonds is 4. The van der Waals surface area contributed by atoms with Crippen LogP contribution in [0.5, 0.6) is 11.5 Å². The van der Waals surface area contributed by atoms with E-state index >= 15 is 0 Å². The first-order valence-electron chi connectivity index (χ1n) is 4.60. The van der Waals surface area contributed by atoms with Crippen molar-refractivity contribution in [3.05, 3.63) is 23.0 Å². The molecule has 1 aromatic rings. The van der Waals surface area contributed by atoms with Crippen molar-refractivity contribution in [2.24, 2.45) is 0 Å². The summed E-state index contributed by atoms with van der Waals surface area (Å²) in [6.45, 7) is 1.71. The molecule has 15 heavy (non-hydrogen) atoms. The van der Waals surface area contributed by atoms with Crippen LogP contribution in [0.15, 0.2) is 6.07 Å². The summed E-state index contributed by atoms with van der Waals surface area (Å²) in [5.74, 6) is -1.06. The molecule has 0 aromatic heterocycles. The third kappa shape index (κ3) is 2.26. The van der Waals surface area contributed by atoms with Crippen LogP contribution >= 0.6 is 0 Å². The van der Waals surface area contributed by atoms with Gasteiger partial charge in [-0.1, -0.05) is 0 Å². The second-order valence-corrected chi connectivity index (χ2v) is 3.25. The molecule has 0 atom stereocenters. The van der Waals surface area contributed by atoms with Crippen molar-refractivity contribution in [2.45, 2.75) is 19.8 Å². The van der Waals surface area contributed by atoms with E-state index in [1.165, 1.54) is 7.11 Å². The van der Waals surface area contributed by atoms with E-state index in [1.807, 2.05) is 0 Å². The lowest BCUT2D eigenvalue weighted by atomic mass is 10.0. The van der Waals surface area contributed by atoms with Gasteiger partial charge >= 0.3 is 0 Å². The molecule has 82 valence electrons. The van der Waals surface area contributed by atoms with Gasteiger partial charge in [-0.2, -0.15) is 0 Å². The molecule has 0 aliphatic carbocycles. The Bertz CT molecular complexity index is 375. The van der Waals surface area contributed by atoms with Gasteiger partial charge in [-0.3, -0.25) is 0 Å². The van der Waals surface area contributed by atoms with Crippen molar-refractivity contribution in [2.75, 3.05) is 7.11 Å². The molecule has 0 heterocycles. The van der Waals surface area contributed by atoms with Crippen LogP contribution in [-0.4, -0.2) is 18.5 Å². The summed E-state index contributed by atoms with van der Waals surface area (Å²) in [5.41, 5.74) is 0.982. The van der Waals surface area contributed by atoms with E-state index in [0.29, 0.717) is 11.1 Å². The minimum absolute atomic E-state index is 0.141. The molecule has 0 saturated carbocycles. The molecule has 0 aliphatic rings. The van der Waals surface area contributed by atoms with Gasteiger partial charge in [-0.05, 0) is 30.5 Å². The maximum absolute atomic E-state index is 13.5. The average Bonchev–Trinajstić information content (AvgIpc) is 2.22. The maximum atomic E-state index is 13.5. The SMILES string of the molecule is COc1c(C)cc(CCC=O)c(F)c1O. The quantitative estimate of drug-likeness (QED) is 0.776. The number of halogens is 1. The number of aldehydes is 1. The van der Waals surface area contributed by atoms with Gasteiger partial charge in [0.2, 0.25) is 0 Å². The number of aryl methyl sites for hydroxylation is 2. The number of ether oxygens (including phenoxy) is 1. The number of carbonyl (C=O) groups is 1. The molecule has 0 bridgehead atoms. The fraction of sp³-hybridized carbons (Fsp3) is 0.364. The third-order valence-corrected chi connectivity index (χ3v) is 2.19. The Hall–Kier alpha value is -1.58. The maximum Gasteiger partial charge on any atom is 0.194 e. The first-order chi connectivity index (χ1) is 7.11. The predicted molar refractivity (Wildman–Crippen MR) is 53.7 cm³/mol. The lowest BCUT2D eigenvalue weighted by Crippen LogP contribution is -1.97. The average molecular weight is 212 g/mol. The van der Waals surface area contributed by atoms with Crippen LogP contribution in [0.3, 0.4) is 0 Å². The molecule has 0 radical (unpaired) electrons. The summed E-state index contributed by atoms with van der Waals surface area (Å²) in [4.78, 5) is 10.2. The van der Waals surface area contributed by atoms with Crippen molar-refractivity contribution in [1.82, 2.24) is 0 Å². The van der Waals surface area contributed by atoms with Crippen LogP contribution in [0.4, 0.5) is 4.39 Å². The summed E-state index contributed by atoms with van der Waals surface area (Å²) in [7, 11) is 1.37. The third-order valence-electron chi connectivity index (χ3n) is 2.19. The minimum atomic E-state index is -0.709. The Morgan fingerprint density at radius 2 is 2.27 bits per heavy atom. The second-order valence-electron chi connectivity index (χ2n) is 3.25. The van der Waals surface area contributed by atoms with Crippen molar-refractivity contribution in [1.29, 1.82) is 0 Å². The topological polar surface area (TPSA) is 46.5 Å². The van der Waals surface area contributed by atoms with Crippen LogP contribution in [0.2, 0.25) is 0 Å². The van der Waals surface area contributed by atoms with Crippen molar-refractivity contribution in [3.8, 4) is 11.5 Å². The van der Waals surface area contributed by atoms with Gasteiger partial charge in [0.1, 0.15) is 6.29 Å². The Morgan fingerprint density at radius 1 is 1.60 bits per heavy atom. The number of methoxy groups -OCH3 is 1. The number of hydrogen-bond acceptors (Lipinski definition) is 3. The standard InChI is InChI=1S/C11H13FO3/c1-7-6-8(4-3-5-13)9(12)10(14)11(7)15-2/h5-6,14H,3-4H2,1-2H3. The zero-order valence-corrected chi connectivity index (χ0v) is 8.71. The van der Waals surface area contributed by atoms with Gasteiger partial charge < -0.3 is 14.6 Å². The molecule has 1 aromatic carbocycles. The first-order valence-corrected chi connectivity index (χ1v) is 4.60. The normalized spacial score (nSPS) is 10.1. The largest absolute Gasteiger partial charge is 0.502 e. The summed E-state index contributed by atoms with van der Waals surface area (Å²) < 4.78 is 18.4. The molecular weight excluding hydrogens is 199 g/mol. The Morgan fingerprint density at radius 3 is 2.80 bits per heavy atom. The summed E-state index contributed by atoms with van der Waals surface area (Å²) in [6.07, 6.45) is 1.24. The molecule has 0 spiro atoms. The van der Waals surface area contributed by atoms with E-state index in [-0.39, 0.29) is 18.6 Å². The zero-order chi connectivity index (χ0) is 11.4. The lowest BCUT2D eigenvalue weighted by molar-refractivity contribution is -0.107. The number of phenols is 1. The van der Waals surface area contributed by atoms with Gasteiger partial charge in [0.05, 0.1) is 7.11 Å². The molecule has 0 unspecified atom stereocenters. The highest BCUT2D eigenvalue weighted by Crippen LogP contribution is 2.34. The number of aromatic hydroxyl groups is 1. The molecule has 0 saturated heterocycles. The van der Waals surface area contributed by atoms with Gasteiger partial charge in [-0.15, -0.1) is 0 Å². The number of benzene rings is 1. The monoisotopic (exact) mass is 212 g/mol. The van der Waals surface area contributed by atoms with E-state index in [1.54, 1.807) is 13.0 Å². The van der Waals surface area contributed by atoms with E-state index in [9.17, 15) is 14.3 Å². The number of carbonyl (C=O) groups excluding carboxylic acids is 1. The molecule has 0 fully saturated rings. The van der Waals surface area contributed by atoms with Gasteiger partial charge in [0.15, 0.2) is 17.3 Å². The van der Waals surface area contributed by atoms with E-state index in [4.69, 9.17) is 4.74 Å². The molecule has 1 N–H and O–H groups in total. The molecular formula is C11H13FO3. The molecule has 0 amide bonds. The minimum Gasteiger partial charge on any atom is -0.502 e. The van der Waals surface area contributed by atoms with Gasteiger partial charge in [0.25, 0.3) is 0 Å². The van der Waals surface area contributed by atoms with Crippen molar-refractivity contribution >= 4 is 6.29 Å². The van der Waals surface area contributed by atoms with Crippen LogP contribution in [-0.2, 0) is 11.2 Å². The summed E-state index contributed by atoms with van der Waals surface area (Å²) in [5, 5.41) is 9.47. The Balaban J connectivity index is 3.15. The van der Waals surface area contributed by atoms with Crippen molar-refractivity contribution < 1.29 is 19.0 Å².